The number of benzene rings is 2. The maximum Gasteiger partial charge on any atom is 0.255 e. The molecule has 1 aliphatic rings. The summed E-state index contributed by atoms with van der Waals surface area (Å²) in [5.74, 6) is -0.0361. The Bertz CT molecular complexity index is 741. The first-order valence-electron chi connectivity index (χ1n) is 7.97. The number of rotatable bonds is 5. The molecular formula is C19H20N2O3. The van der Waals surface area contributed by atoms with Crippen LogP contribution in [0.3, 0.4) is 0 Å². The van der Waals surface area contributed by atoms with Gasteiger partial charge in [0.15, 0.2) is 0 Å². The van der Waals surface area contributed by atoms with E-state index in [-0.39, 0.29) is 11.8 Å². The lowest BCUT2D eigenvalue weighted by Crippen LogP contribution is -2.23. The van der Waals surface area contributed by atoms with Crippen LogP contribution in [0.1, 0.15) is 28.8 Å². The van der Waals surface area contributed by atoms with Gasteiger partial charge in [0.1, 0.15) is 0 Å². The van der Waals surface area contributed by atoms with E-state index < -0.39 is 0 Å². The van der Waals surface area contributed by atoms with Crippen LogP contribution in [0.15, 0.2) is 48.5 Å². The number of hydrogen-bond donors (Lipinski definition) is 1. The van der Waals surface area contributed by atoms with Crippen LogP contribution in [0.2, 0.25) is 0 Å². The average molecular weight is 324 g/mol. The summed E-state index contributed by atoms with van der Waals surface area (Å²) in [5, 5.41) is 2.88. The Morgan fingerprint density at radius 1 is 1.21 bits per heavy atom. The number of methoxy groups -OCH3 is 1. The molecule has 124 valence electrons. The summed E-state index contributed by atoms with van der Waals surface area (Å²) in [7, 11) is 1.64. The molecule has 2 amide bonds. The van der Waals surface area contributed by atoms with Crippen molar-refractivity contribution < 1.29 is 14.3 Å². The fourth-order valence-corrected chi connectivity index (χ4v) is 2.82. The Hall–Kier alpha value is -2.66. The second-order valence-electron chi connectivity index (χ2n) is 5.78. The minimum absolute atomic E-state index is 0.141. The largest absolute Gasteiger partial charge is 0.380 e. The van der Waals surface area contributed by atoms with Crippen molar-refractivity contribution in [1.29, 1.82) is 0 Å². The first-order valence-corrected chi connectivity index (χ1v) is 7.97. The highest BCUT2D eigenvalue weighted by molar-refractivity contribution is 6.04. The van der Waals surface area contributed by atoms with Gasteiger partial charge in [0, 0.05) is 37.0 Å². The number of carbonyl (C=O) groups excluding carboxylic acids is 2. The van der Waals surface area contributed by atoms with Gasteiger partial charge in [0.05, 0.1) is 6.61 Å². The lowest BCUT2D eigenvalue weighted by molar-refractivity contribution is -0.117. The molecule has 0 radical (unpaired) electrons. The SMILES string of the molecule is COCc1cccc(NC(=O)c2ccc(N3CCCC3=O)cc2)c1. The van der Waals surface area contributed by atoms with E-state index in [4.69, 9.17) is 4.74 Å². The van der Waals surface area contributed by atoms with Gasteiger partial charge < -0.3 is 15.0 Å². The molecule has 2 aromatic carbocycles. The van der Waals surface area contributed by atoms with Crippen LogP contribution in [0.25, 0.3) is 0 Å². The minimum atomic E-state index is -0.177. The summed E-state index contributed by atoms with van der Waals surface area (Å²) in [6, 6.07) is 14.7. The van der Waals surface area contributed by atoms with E-state index in [0.29, 0.717) is 18.6 Å². The van der Waals surface area contributed by atoms with Crippen molar-refractivity contribution >= 4 is 23.2 Å². The Morgan fingerprint density at radius 3 is 2.67 bits per heavy atom. The lowest BCUT2D eigenvalue weighted by atomic mass is 10.1. The zero-order chi connectivity index (χ0) is 16.9. The molecule has 0 aliphatic carbocycles. The van der Waals surface area contributed by atoms with Gasteiger partial charge in [-0.25, -0.2) is 0 Å². The molecule has 5 nitrogen and oxygen atoms in total. The molecule has 1 heterocycles. The molecule has 3 rings (SSSR count). The number of nitrogens with one attached hydrogen (secondary N) is 1. The van der Waals surface area contributed by atoms with Gasteiger partial charge in [0.25, 0.3) is 5.91 Å². The molecule has 2 aromatic rings. The number of carbonyl (C=O) groups is 2. The van der Waals surface area contributed by atoms with Crippen LogP contribution in [0.5, 0.6) is 0 Å². The third-order valence-corrected chi connectivity index (χ3v) is 4.01. The number of hydrogen-bond acceptors (Lipinski definition) is 3. The maximum absolute atomic E-state index is 12.4. The van der Waals surface area contributed by atoms with E-state index in [1.165, 1.54) is 0 Å². The predicted molar refractivity (Wildman–Crippen MR) is 93.1 cm³/mol. The monoisotopic (exact) mass is 324 g/mol. The summed E-state index contributed by atoms with van der Waals surface area (Å²) in [5.41, 5.74) is 3.13. The van der Waals surface area contributed by atoms with Gasteiger partial charge in [-0.1, -0.05) is 12.1 Å². The van der Waals surface area contributed by atoms with E-state index in [1.807, 2.05) is 36.4 Å². The second kappa shape index (κ2) is 7.27. The Labute approximate surface area is 141 Å². The summed E-state index contributed by atoms with van der Waals surface area (Å²) < 4.78 is 5.10. The molecule has 24 heavy (non-hydrogen) atoms. The number of ether oxygens (including phenoxy) is 1. The molecule has 0 bridgehead atoms. The van der Waals surface area contributed by atoms with Crippen LogP contribution in [-0.4, -0.2) is 25.5 Å². The third-order valence-electron chi connectivity index (χ3n) is 4.01. The molecule has 1 saturated heterocycles. The van der Waals surface area contributed by atoms with Crippen molar-refractivity contribution in [2.24, 2.45) is 0 Å². The quantitative estimate of drug-likeness (QED) is 0.919. The van der Waals surface area contributed by atoms with E-state index in [0.717, 1.165) is 29.9 Å². The normalized spacial score (nSPS) is 14.0. The van der Waals surface area contributed by atoms with Crippen LogP contribution in [0.4, 0.5) is 11.4 Å². The summed E-state index contributed by atoms with van der Waals surface area (Å²) >= 11 is 0. The number of nitrogens with zero attached hydrogens (tertiary/aromatic N) is 1. The van der Waals surface area contributed by atoms with E-state index in [9.17, 15) is 9.59 Å². The molecule has 5 heteroatoms. The molecule has 1 N–H and O–H groups in total. The second-order valence-corrected chi connectivity index (χ2v) is 5.78. The first-order chi connectivity index (χ1) is 11.7. The fraction of sp³-hybridized carbons (Fsp3) is 0.263. The first kappa shape index (κ1) is 16.2. The van der Waals surface area contributed by atoms with E-state index in [1.54, 1.807) is 24.1 Å². The van der Waals surface area contributed by atoms with Crippen molar-refractivity contribution in [1.82, 2.24) is 0 Å². The zero-order valence-electron chi connectivity index (χ0n) is 13.6. The molecule has 0 aromatic heterocycles. The van der Waals surface area contributed by atoms with Crippen LogP contribution >= 0.6 is 0 Å². The van der Waals surface area contributed by atoms with Gasteiger partial charge >= 0.3 is 0 Å². The summed E-state index contributed by atoms with van der Waals surface area (Å²) in [4.78, 5) is 25.9. The Kier molecular flexibility index (Phi) is 4.91. The topological polar surface area (TPSA) is 58.6 Å². The van der Waals surface area contributed by atoms with E-state index in [2.05, 4.69) is 5.32 Å². The van der Waals surface area contributed by atoms with Gasteiger partial charge in [-0.2, -0.15) is 0 Å². The standard InChI is InChI=1S/C19H20N2O3/c1-24-13-14-4-2-5-16(12-14)20-19(23)15-7-9-17(10-8-15)21-11-3-6-18(21)22/h2,4-5,7-10,12H,3,6,11,13H2,1H3,(H,20,23). The lowest BCUT2D eigenvalue weighted by Gasteiger charge is -2.15. The van der Waals surface area contributed by atoms with Crippen LogP contribution in [-0.2, 0) is 16.1 Å². The number of amides is 2. The Morgan fingerprint density at radius 2 is 2.00 bits per heavy atom. The van der Waals surface area contributed by atoms with E-state index >= 15 is 0 Å². The maximum atomic E-state index is 12.4. The smallest absolute Gasteiger partial charge is 0.255 e. The van der Waals surface area contributed by atoms with Crippen molar-refractivity contribution in [3.63, 3.8) is 0 Å². The van der Waals surface area contributed by atoms with Gasteiger partial charge in [0.2, 0.25) is 5.91 Å². The van der Waals surface area contributed by atoms with Gasteiger partial charge in [-0.05, 0) is 48.4 Å². The molecule has 0 unspecified atom stereocenters. The number of anilines is 2. The molecular weight excluding hydrogens is 304 g/mol. The average Bonchev–Trinajstić information content (AvgIpc) is 3.02. The summed E-state index contributed by atoms with van der Waals surface area (Å²) in [6.07, 6.45) is 1.49. The highest BCUT2D eigenvalue weighted by atomic mass is 16.5. The Balaban J connectivity index is 1.69. The van der Waals surface area contributed by atoms with Crippen molar-refractivity contribution in [2.45, 2.75) is 19.4 Å². The van der Waals surface area contributed by atoms with Crippen LogP contribution in [0, 0.1) is 0 Å². The zero-order valence-corrected chi connectivity index (χ0v) is 13.6. The van der Waals surface area contributed by atoms with Crippen molar-refractivity contribution in [2.75, 3.05) is 23.9 Å². The van der Waals surface area contributed by atoms with Crippen molar-refractivity contribution in [3.05, 3.63) is 59.7 Å². The molecule has 0 atom stereocenters. The molecule has 0 saturated carbocycles. The molecule has 0 spiro atoms. The van der Waals surface area contributed by atoms with Crippen LogP contribution < -0.4 is 10.2 Å². The molecule has 1 aliphatic heterocycles. The third kappa shape index (κ3) is 3.63. The van der Waals surface area contributed by atoms with Gasteiger partial charge in [-0.15, -0.1) is 0 Å². The fourth-order valence-electron chi connectivity index (χ4n) is 2.82. The predicted octanol–water partition coefficient (Wildman–Crippen LogP) is 3.21. The summed E-state index contributed by atoms with van der Waals surface area (Å²) in [6.45, 7) is 1.25. The highest BCUT2D eigenvalue weighted by Crippen LogP contribution is 2.22. The highest BCUT2D eigenvalue weighted by Gasteiger charge is 2.21. The van der Waals surface area contributed by atoms with Crippen molar-refractivity contribution in [3.8, 4) is 0 Å². The minimum Gasteiger partial charge on any atom is -0.380 e. The molecule has 1 fully saturated rings. The van der Waals surface area contributed by atoms with Gasteiger partial charge in [-0.3, -0.25) is 9.59 Å².